The summed E-state index contributed by atoms with van der Waals surface area (Å²) in [5.74, 6) is 0. The fraction of sp³-hybridized carbons (Fsp3) is 0.212. The molecule has 7 aromatic carbocycles. The Kier molecular flexibility index (Phi) is 11.2. The molecule has 3 aromatic heterocycles. The van der Waals surface area contributed by atoms with Gasteiger partial charge in [-0.25, -0.2) is 0 Å². The van der Waals surface area contributed by atoms with Crippen molar-refractivity contribution in [2.45, 2.75) is 91.0 Å². The SMILES string of the molecule is CCCCc1cccc(-c2cc(-c3ccccc3)cc(-c3cccc(-c4cc5c(cc4C)C(C)(CC)C(CC)(Cc4cc6cc(C)ccc6c6c7ccccc7cc[n+]46)[n+]4ccccc4-5)c3)c2)c1. The van der Waals surface area contributed by atoms with Gasteiger partial charge in [-0.2, -0.15) is 8.97 Å². The number of fused-ring (bicyclic) bond motifs is 8. The third-order valence-electron chi connectivity index (χ3n) is 15.9. The molecule has 1 aliphatic rings. The smallest absolute Gasteiger partial charge is 0.191 e. The molecule has 334 valence electrons. The third kappa shape index (κ3) is 7.24. The van der Waals surface area contributed by atoms with Crippen LogP contribution in [0.1, 0.15) is 81.3 Å². The van der Waals surface area contributed by atoms with Gasteiger partial charge in [0.05, 0.1) is 28.2 Å². The van der Waals surface area contributed by atoms with Crippen molar-refractivity contribution in [3.8, 4) is 55.8 Å². The molecular formula is C66H62N2+2. The maximum absolute atomic E-state index is 2.68. The first-order chi connectivity index (χ1) is 33.2. The summed E-state index contributed by atoms with van der Waals surface area (Å²) in [7, 11) is 0. The zero-order valence-corrected chi connectivity index (χ0v) is 40.6. The monoisotopic (exact) mass is 882 g/mol. The van der Waals surface area contributed by atoms with Crippen LogP contribution in [0.2, 0.25) is 0 Å². The van der Waals surface area contributed by atoms with E-state index in [0.717, 1.165) is 25.7 Å². The molecule has 0 aliphatic carbocycles. The molecule has 0 amide bonds. The third-order valence-corrected chi connectivity index (χ3v) is 15.9. The molecule has 1 aliphatic heterocycles. The molecule has 0 saturated carbocycles. The van der Waals surface area contributed by atoms with Crippen molar-refractivity contribution in [1.82, 2.24) is 0 Å². The second-order valence-corrected chi connectivity index (χ2v) is 19.8. The van der Waals surface area contributed by atoms with E-state index in [1.807, 2.05) is 0 Å². The molecule has 0 spiro atoms. The Bertz CT molecular complexity index is 3550. The van der Waals surface area contributed by atoms with Gasteiger partial charge in [-0.15, -0.1) is 0 Å². The van der Waals surface area contributed by atoms with E-state index in [0.29, 0.717) is 0 Å². The van der Waals surface area contributed by atoms with Crippen LogP contribution in [0.4, 0.5) is 0 Å². The predicted octanol–water partition coefficient (Wildman–Crippen LogP) is 16.3. The normalized spacial score (nSPS) is 16.6. The first-order valence-corrected chi connectivity index (χ1v) is 25.0. The summed E-state index contributed by atoms with van der Waals surface area (Å²) in [6, 6.07) is 69.0. The highest BCUT2D eigenvalue weighted by atomic mass is 15.1. The highest BCUT2D eigenvalue weighted by Crippen LogP contribution is 2.52. The predicted molar refractivity (Wildman–Crippen MR) is 286 cm³/mol. The summed E-state index contributed by atoms with van der Waals surface area (Å²) < 4.78 is 5.19. The van der Waals surface area contributed by atoms with Crippen molar-refractivity contribution in [3.05, 3.63) is 222 Å². The largest absolute Gasteiger partial charge is 0.226 e. The topological polar surface area (TPSA) is 7.98 Å². The highest BCUT2D eigenvalue weighted by Gasteiger charge is 2.60. The van der Waals surface area contributed by atoms with E-state index in [4.69, 9.17) is 0 Å². The number of unbranched alkanes of at least 4 members (excludes halogenated alkanes) is 1. The van der Waals surface area contributed by atoms with Crippen molar-refractivity contribution in [1.29, 1.82) is 0 Å². The van der Waals surface area contributed by atoms with Gasteiger partial charge in [0.25, 0.3) is 0 Å². The summed E-state index contributed by atoms with van der Waals surface area (Å²) in [4.78, 5) is 0. The molecule has 2 atom stereocenters. The minimum Gasteiger partial charge on any atom is -0.191 e. The van der Waals surface area contributed by atoms with Gasteiger partial charge in [0.1, 0.15) is 0 Å². The van der Waals surface area contributed by atoms with E-state index in [2.05, 4.69) is 245 Å². The molecule has 2 heteroatoms. The lowest BCUT2D eigenvalue weighted by atomic mass is 9.58. The van der Waals surface area contributed by atoms with Crippen LogP contribution < -0.4 is 8.97 Å². The van der Waals surface area contributed by atoms with Crippen LogP contribution in [0.15, 0.2) is 194 Å². The minimum atomic E-state index is -0.251. The van der Waals surface area contributed by atoms with Crippen LogP contribution in [0.25, 0.3) is 82.8 Å². The van der Waals surface area contributed by atoms with E-state index in [9.17, 15) is 0 Å². The fourth-order valence-electron chi connectivity index (χ4n) is 12.1. The average molecular weight is 883 g/mol. The average Bonchev–Trinajstić information content (AvgIpc) is 3.39. The molecule has 2 unspecified atom stereocenters. The summed E-state index contributed by atoms with van der Waals surface area (Å²) in [6.07, 6.45) is 11.1. The zero-order valence-electron chi connectivity index (χ0n) is 40.6. The number of pyridine rings is 3. The van der Waals surface area contributed by atoms with Gasteiger partial charge in [0.2, 0.25) is 11.2 Å². The Hall–Kier alpha value is -7.16. The number of hydrogen-bond donors (Lipinski definition) is 0. The summed E-state index contributed by atoms with van der Waals surface area (Å²) in [5, 5.41) is 5.16. The number of aromatic nitrogens is 2. The van der Waals surface area contributed by atoms with Crippen LogP contribution in [0, 0.1) is 13.8 Å². The Labute approximate surface area is 403 Å². The maximum atomic E-state index is 2.68. The Balaban J connectivity index is 1.04. The first-order valence-electron chi connectivity index (χ1n) is 25.0. The summed E-state index contributed by atoms with van der Waals surface area (Å²) in [5.41, 5.74) is 20.2. The van der Waals surface area contributed by atoms with Crippen molar-refractivity contribution in [2.75, 3.05) is 0 Å². The number of benzene rings is 7. The Morgan fingerprint density at radius 2 is 1.16 bits per heavy atom. The lowest BCUT2D eigenvalue weighted by molar-refractivity contribution is -0.771. The highest BCUT2D eigenvalue weighted by molar-refractivity contribution is 6.07. The fourth-order valence-corrected chi connectivity index (χ4v) is 12.1. The lowest BCUT2D eigenvalue weighted by Gasteiger charge is -2.47. The maximum Gasteiger partial charge on any atom is 0.226 e. The standard InChI is InChI=1S/C66H62N2/c1-7-10-20-47-21-18-25-50(37-47)54-39-53(48-22-12-11-13-23-48)40-55(41-54)51-26-19-27-52(38-51)60-43-61-62(36-46(60)5)65(6,8-2)66(9-3,68-33-17-16-29-63(61)68)44-57-42-56-35-45(4)30-31-59(56)64-58-28-15-14-24-49(58)32-34-67(57)64/h11-19,21-43H,7-10,20,44H2,1-6H3/q+2. The van der Waals surface area contributed by atoms with Gasteiger partial charge in [0.15, 0.2) is 23.6 Å². The van der Waals surface area contributed by atoms with Crippen LogP contribution >= 0.6 is 0 Å². The van der Waals surface area contributed by atoms with Gasteiger partial charge in [-0.05, 0) is 161 Å². The molecule has 0 fully saturated rings. The summed E-state index contributed by atoms with van der Waals surface area (Å²) >= 11 is 0. The Morgan fingerprint density at radius 1 is 0.485 bits per heavy atom. The molecule has 0 saturated heterocycles. The number of hydrogen-bond acceptors (Lipinski definition) is 0. The number of nitrogens with zero attached hydrogens (tertiary/aromatic N) is 2. The second-order valence-electron chi connectivity index (χ2n) is 19.8. The minimum absolute atomic E-state index is 0.186. The van der Waals surface area contributed by atoms with E-state index >= 15 is 0 Å². The number of aryl methyl sites for hydroxylation is 3. The van der Waals surface area contributed by atoms with Crippen LogP contribution in [-0.2, 0) is 23.8 Å². The van der Waals surface area contributed by atoms with Crippen molar-refractivity contribution in [3.63, 3.8) is 0 Å². The van der Waals surface area contributed by atoms with E-state index in [1.54, 1.807) is 0 Å². The van der Waals surface area contributed by atoms with Crippen LogP contribution in [0.3, 0.4) is 0 Å². The van der Waals surface area contributed by atoms with Crippen molar-refractivity contribution in [2.24, 2.45) is 0 Å². The molecule has 2 nitrogen and oxygen atoms in total. The molecule has 11 rings (SSSR count). The molecule has 4 heterocycles. The zero-order chi connectivity index (χ0) is 46.6. The molecule has 68 heavy (non-hydrogen) atoms. The molecule has 10 aromatic rings. The van der Waals surface area contributed by atoms with Gasteiger partial charge in [0, 0.05) is 30.7 Å². The van der Waals surface area contributed by atoms with Gasteiger partial charge >= 0.3 is 0 Å². The first kappa shape index (κ1) is 43.4. The molecule has 0 radical (unpaired) electrons. The molecule has 0 N–H and O–H groups in total. The van der Waals surface area contributed by atoms with E-state index in [-0.39, 0.29) is 11.0 Å². The lowest BCUT2D eigenvalue weighted by Crippen LogP contribution is -2.70. The van der Waals surface area contributed by atoms with E-state index in [1.165, 1.54) is 124 Å². The summed E-state index contributed by atoms with van der Waals surface area (Å²) in [6.45, 7) is 14.2. The van der Waals surface area contributed by atoms with Crippen molar-refractivity contribution < 1.29 is 8.97 Å². The van der Waals surface area contributed by atoms with Gasteiger partial charge < -0.3 is 0 Å². The van der Waals surface area contributed by atoms with Crippen molar-refractivity contribution >= 4 is 27.1 Å². The Morgan fingerprint density at radius 3 is 1.94 bits per heavy atom. The van der Waals surface area contributed by atoms with Gasteiger partial charge in [-0.3, -0.25) is 0 Å². The van der Waals surface area contributed by atoms with Crippen LogP contribution in [0.5, 0.6) is 0 Å². The molecular weight excluding hydrogens is 821 g/mol. The number of rotatable bonds is 11. The molecule has 0 bridgehead atoms. The van der Waals surface area contributed by atoms with E-state index < -0.39 is 0 Å². The second kappa shape index (κ2) is 17.5. The van der Waals surface area contributed by atoms with Crippen LogP contribution in [-0.4, -0.2) is 0 Å². The van der Waals surface area contributed by atoms with Gasteiger partial charge in [-0.1, -0.05) is 142 Å². The quantitative estimate of drug-likeness (QED) is 0.0903.